The molecule has 12 aromatic carbocycles. The van der Waals surface area contributed by atoms with Gasteiger partial charge in [0.2, 0.25) is 0 Å². The Morgan fingerprint density at radius 3 is 0.786 bits per heavy atom. The van der Waals surface area contributed by atoms with Crippen LogP contribution in [0.15, 0.2) is 121 Å². The number of aryl methyl sites for hydroxylation is 4. The first-order valence-corrected chi connectivity index (χ1v) is 19.3. The second-order valence-electron chi connectivity index (χ2n) is 16.2. The average Bonchev–Trinajstić information content (AvgIpc) is 3.70. The molecule has 0 spiro atoms. The molecule has 0 bridgehead atoms. The smallest absolute Gasteiger partial charge is 0.0991 e. The molecule has 0 saturated carbocycles. The number of nitriles is 2. The summed E-state index contributed by atoms with van der Waals surface area (Å²) in [6, 6.07) is 49.4. The molecule has 0 N–H and O–H groups in total. The third-order valence-corrected chi connectivity index (χ3v) is 12.6. The molecule has 0 aliphatic carbocycles. The van der Waals surface area contributed by atoms with E-state index in [-0.39, 0.29) is 0 Å². The van der Waals surface area contributed by atoms with E-state index >= 15 is 0 Å². The van der Waals surface area contributed by atoms with Crippen molar-refractivity contribution in [3.63, 3.8) is 0 Å². The first-order chi connectivity index (χ1) is 27.3. The van der Waals surface area contributed by atoms with Crippen molar-refractivity contribution >= 4 is 97.0 Å². The Hall–Kier alpha value is -7.26. The van der Waals surface area contributed by atoms with Gasteiger partial charge in [-0.15, -0.1) is 0 Å². The third kappa shape index (κ3) is 3.98. The van der Waals surface area contributed by atoms with E-state index in [1.165, 1.54) is 119 Å². The van der Waals surface area contributed by atoms with Crippen LogP contribution in [0.2, 0.25) is 0 Å². The molecular formula is C54H32N2. The molecule has 0 radical (unpaired) electrons. The van der Waals surface area contributed by atoms with E-state index < -0.39 is 0 Å². The zero-order chi connectivity index (χ0) is 37.7. The van der Waals surface area contributed by atoms with Crippen molar-refractivity contribution in [2.75, 3.05) is 0 Å². The standard InChI is InChI=1S/C54H32N2/c1-27-13-37-14-28(2)18-40-47(37)39(17-27)49-43-21-35(33-9-5-31(25-55)6-10-33)23-45-51-41-19-29(3)15-38-16-30(4)20-42(48(38)41)52(51)46-24-36(34-11-7-32(26-56)8-12-34)22-44(50(40)49)54(46)53(43)45/h5-24H,1-4H3. The maximum Gasteiger partial charge on any atom is 0.0991 e. The molecule has 0 heterocycles. The van der Waals surface area contributed by atoms with E-state index in [0.717, 1.165) is 22.3 Å². The Morgan fingerprint density at radius 1 is 0.286 bits per heavy atom. The molecular weight excluding hydrogens is 677 g/mol. The van der Waals surface area contributed by atoms with E-state index in [1.807, 2.05) is 24.3 Å². The molecule has 0 saturated heterocycles. The van der Waals surface area contributed by atoms with Crippen LogP contribution in [0, 0.1) is 50.4 Å². The minimum absolute atomic E-state index is 0.659. The maximum atomic E-state index is 9.69. The minimum atomic E-state index is 0.659. The molecule has 0 aliphatic heterocycles. The number of benzene rings is 10. The van der Waals surface area contributed by atoms with Crippen LogP contribution in [0.25, 0.3) is 119 Å². The van der Waals surface area contributed by atoms with Crippen molar-refractivity contribution in [2.45, 2.75) is 27.7 Å². The Labute approximate surface area is 323 Å². The fourth-order valence-corrected chi connectivity index (χ4v) is 10.5. The van der Waals surface area contributed by atoms with Gasteiger partial charge in [0.15, 0.2) is 0 Å². The fourth-order valence-electron chi connectivity index (χ4n) is 10.5. The van der Waals surface area contributed by atoms with Crippen molar-refractivity contribution in [1.29, 1.82) is 10.5 Å². The van der Waals surface area contributed by atoms with Crippen LogP contribution >= 0.6 is 0 Å². The van der Waals surface area contributed by atoms with Gasteiger partial charge < -0.3 is 0 Å². The van der Waals surface area contributed by atoms with Crippen molar-refractivity contribution < 1.29 is 0 Å². The summed E-state index contributed by atoms with van der Waals surface area (Å²) in [5.74, 6) is 0. The number of nitrogens with zero attached hydrogens (tertiary/aromatic N) is 2. The van der Waals surface area contributed by atoms with E-state index in [2.05, 4.69) is 137 Å². The topological polar surface area (TPSA) is 47.6 Å². The first-order valence-electron chi connectivity index (χ1n) is 19.3. The summed E-state index contributed by atoms with van der Waals surface area (Å²) >= 11 is 0. The Bertz CT molecular complexity index is 3350. The van der Waals surface area contributed by atoms with Crippen LogP contribution in [0.4, 0.5) is 0 Å². The third-order valence-electron chi connectivity index (χ3n) is 12.6. The SMILES string of the molecule is Cc1cc2cc(C)cc3c2c(c1)c1c2cc(-c4ccc(C#N)cc4)cc4c5c6cc(C)cc7cc(C)cc(c76)c5c5cc(-c6ccc(C#N)cc6)cc(c31)c5c24. The predicted molar refractivity (Wildman–Crippen MR) is 237 cm³/mol. The summed E-state index contributed by atoms with van der Waals surface area (Å²) in [6.45, 7) is 8.87. The van der Waals surface area contributed by atoms with Crippen molar-refractivity contribution in [2.24, 2.45) is 0 Å². The lowest BCUT2D eigenvalue weighted by Gasteiger charge is -2.19. The number of hydrogen-bond donors (Lipinski definition) is 0. The summed E-state index contributed by atoms with van der Waals surface area (Å²) in [5, 5.41) is 42.6. The Morgan fingerprint density at radius 2 is 0.536 bits per heavy atom. The highest BCUT2D eigenvalue weighted by Gasteiger charge is 2.27. The molecule has 0 unspecified atom stereocenters. The summed E-state index contributed by atoms with van der Waals surface area (Å²) in [6.07, 6.45) is 0. The second kappa shape index (κ2) is 10.7. The summed E-state index contributed by atoms with van der Waals surface area (Å²) in [5.41, 5.74) is 10.8. The van der Waals surface area contributed by atoms with Gasteiger partial charge in [0.25, 0.3) is 0 Å². The summed E-state index contributed by atoms with van der Waals surface area (Å²) in [7, 11) is 0. The van der Waals surface area contributed by atoms with Crippen LogP contribution in [-0.2, 0) is 0 Å². The number of rotatable bonds is 2. The van der Waals surface area contributed by atoms with E-state index in [9.17, 15) is 10.5 Å². The van der Waals surface area contributed by atoms with Gasteiger partial charge in [-0.25, -0.2) is 0 Å². The first kappa shape index (κ1) is 31.1. The van der Waals surface area contributed by atoms with E-state index in [0.29, 0.717) is 11.1 Å². The van der Waals surface area contributed by atoms with E-state index in [4.69, 9.17) is 0 Å². The highest BCUT2D eigenvalue weighted by molar-refractivity contribution is 6.52. The average molecular weight is 709 g/mol. The highest BCUT2D eigenvalue weighted by atomic mass is 14.3. The zero-order valence-corrected chi connectivity index (χ0v) is 31.4. The van der Waals surface area contributed by atoms with Gasteiger partial charge >= 0.3 is 0 Å². The van der Waals surface area contributed by atoms with Crippen LogP contribution in [0.3, 0.4) is 0 Å². The molecule has 0 fully saturated rings. The van der Waals surface area contributed by atoms with Crippen LogP contribution in [0.1, 0.15) is 33.4 Å². The van der Waals surface area contributed by atoms with Crippen LogP contribution in [0.5, 0.6) is 0 Å². The Balaban J connectivity index is 1.43. The molecule has 0 amide bonds. The molecule has 0 aliphatic rings. The molecule has 0 atom stereocenters. The zero-order valence-electron chi connectivity index (χ0n) is 31.4. The summed E-state index contributed by atoms with van der Waals surface area (Å²) in [4.78, 5) is 0. The molecule has 56 heavy (non-hydrogen) atoms. The van der Waals surface area contributed by atoms with Crippen molar-refractivity contribution in [3.05, 3.63) is 155 Å². The lowest BCUT2D eigenvalue weighted by Crippen LogP contribution is -1.91. The van der Waals surface area contributed by atoms with Gasteiger partial charge in [-0.1, -0.05) is 72.8 Å². The Kier molecular flexibility index (Phi) is 5.95. The molecule has 12 aromatic rings. The lowest BCUT2D eigenvalue weighted by atomic mass is 9.83. The molecule has 2 heteroatoms. The molecule has 0 aromatic heterocycles. The summed E-state index contributed by atoms with van der Waals surface area (Å²) < 4.78 is 0. The fraction of sp³-hybridized carbons (Fsp3) is 0.0741. The van der Waals surface area contributed by atoms with E-state index in [1.54, 1.807) is 0 Å². The van der Waals surface area contributed by atoms with Gasteiger partial charge in [-0.2, -0.15) is 10.5 Å². The quantitative estimate of drug-likeness (QED) is 0.168. The van der Waals surface area contributed by atoms with Crippen molar-refractivity contribution in [1.82, 2.24) is 0 Å². The van der Waals surface area contributed by atoms with Crippen LogP contribution in [-0.4, -0.2) is 0 Å². The van der Waals surface area contributed by atoms with Gasteiger partial charge in [-0.05, 0) is 218 Å². The lowest BCUT2D eigenvalue weighted by molar-refractivity contribution is 1.48. The van der Waals surface area contributed by atoms with Gasteiger partial charge in [0, 0.05) is 0 Å². The van der Waals surface area contributed by atoms with Gasteiger partial charge in [0.05, 0.1) is 23.3 Å². The van der Waals surface area contributed by atoms with Gasteiger partial charge in [0.1, 0.15) is 0 Å². The van der Waals surface area contributed by atoms with Gasteiger partial charge in [-0.3, -0.25) is 0 Å². The van der Waals surface area contributed by atoms with Crippen molar-refractivity contribution in [3.8, 4) is 34.4 Å². The molecule has 2 nitrogen and oxygen atoms in total. The largest absolute Gasteiger partial charge is 0.192 e. The normalized spacial score (nSPS) is 12.2. The number of fused-ring (bicyclic) bond motifs is 10. The highest BCUT2D eigenvalue weighted by Crippen LogP contribution is 2.55. The minimum Gasteiger partial charge on any atom is -0.192 e. The van der Waals surface area contributed by atoms with Crippen LogP contribution < -0.4 is 0 Å². The molecule has 258 valence electrons. The second-order valence-corrected chi connectivity index (χ2v) is 16.2. The number of hydrogen-bond acceptors (Lipinski definition) is 2. The predicted octanol–water partition coefficient (Wildman–Crippen LogP) is 14.7. The monoisotopic (exact) mass is 708 g/mol. The maximum absolute atomic E-state index is 9.69. The molecule has 12 rings (SSSR count).